The van der Waals surface area contributed by atoms with Crippen molar-refractivity contribution in [3.63, 3.8) is 0 Å². The van der Waals surface area contributed by atoms with E-state index < -0.39 is 5.97 Å². The van der Waals surface area contributed by atoms with Gasteiger partial charge in [-0.05, 0) is 6.42 Å². The first-order valence-electron chi connectivity index (χ1n) is 4.89. The van der Waals surface area contributed by atoms with E-state index in [1.807, 2.05) is 6.92 Å². The lowest BCUT2D eigenvalue weighted by Crippen LogP contribution is -2.05. The van der Waals surface area contributed by atoms with Crippen LogP contribution in [0.1, 0.15) is 53.5 Å². The van der Waals surface area contributed by atoms with Gasteiger partial charge in [-0.15, -0.1) is 0 Å². The first-order chi connectivity index (χ1) is 7.06. The van der Waals surface area contributed by atoms with Crippen molar-refractivity contribution in [3.05, 3.63) is 17.2 Å². The van der Waals surface area contributed by atoms with E-state index in [1.165, 1.54) is 6.92 Å². The molecule has 0 saturated carbocycles. The molecule has 1 heterocycles. The quantitative estimate of drug-likeness (QED) is 0.724. The Balaban J connectivity index is 2.98. The largest absolute Gasteiger partial charge is 0.477 e. The number of hydrogen-bond donors (Lipinski definition) is 2. The molecule has 0 amide bonds. The average molecular weight is 210 g/mol. The van der Waals surface area contributed by atoms with Crippen LogP contribution in [0.3, 0.4) is 0 Å². The van der Waals surface area contributed by atoms with E-state index in [0.717, 1.165) is 12.8 Å². The Bertz CT molecular complexity index is 351. The fraction of sp³-hybridized carbons (Fsp3) is 0.500. The molecule has 0 aliphatic heterocycles. The number of Topliss-reactive ketones (excluding diaryl/α,β-unsaturated/α-hetero) is 1. The van der Waals surface area contributed by atoms with Crippen LogP contribution in [0, 0.1) is 0 Å². The van der Waals surface area contributed by atoms with E-state index >= 15 is 0 Å². The molecular weight excluding hydrogens is 196 g/mol. The predicted molar refractivity (Wildman–Crippen MR) is 54.2 cm³/mol. The molecule has 82 valence electrons. The van der Waals surface area contributed by atoms with Gasteiger partial charge in [-0.3, -0.25) is 4.79 Å². The van der Waals surface area contributed by atoms with E-state index in [2.05, 4.69) is 9.97 Å². The number of hydrogen-bond acceptors (Lipinski definition) is 3. The number of ketones is 1. The maximum absolute atomic E-state index is 11.1. The summed E-state index contributed by atoms with van der Waals surface area (Å²) < 4.78 is 0. The Hall–Kier alpha value is -1.65. The lowest BCUT2D eigenvalue weighted by molar-refractivity contribution is 0.0686. The molecule has 1 aromatic rings. The lowest BCUT2D eigenvalue weighted by Gasteiger charge is -1.91. The van der Waals surface area contributed by atoms with Crippen molar-refractivity contribution in [1.82, 2.24) is 9.97 Å². The van der Waals surface area contributed by atoms with Crippen molar-refractivity contribution in [2.24, 2.45) is 0 Å². The van der Waals surface area contributed by atoms with Gasteiger partial charge in [0.15, 0.2) is 11.5 Å². The maximum Gasteiger partial charge on any atom is 0.354 e. The molecule has 0 bridgehead atoms. The molecule has 0 spiro atoms. The molecule has 0 fully saturated rings. The number of H-pyrrole nitrogens is 1. The number of imidazole rings is 1. The number of rotatable bonds is 5. The Morgan fingerprint density at radius 1 is 1.47 bits per heavy atom. The molecule has 0 atom stereocenters. The van der Waals surface area contributed by atoms with E-state index in [9.17, 15) is 9.59 Å². The number of nitrogens with zero attached hydrogens (tertiary/aromatic N) is 1. The second kappa shape index (κ2) is 4.72. The molecule has 1 rings (SSSR count). The minimum atomic E-state index is -1.14. The van der Waals surface area contributed by atoms with E-state index in [0.29, 0.717) is 12.2 Å². The highest BCUT2D eigenvalue weighted by molar-refractivity contribution is 6.02. The van der Waals surface area contributed by atoms with E-state index in [1.54, 1.807) is 0 Å². The van der Waals surface area contributed by atoms with Gasteiger partial charge in [0.25, 0.3) is 0 Å². The fourth-order valence-corrected chi connectivity index (χ4v) is 1.29. The monoisotopic (exact) mass is 210 g/mol. The van der Waals surface area contributed by atoms with Crippen LogP contribution in [0.5, 0.6) is 0 Å². The van der Waals surface area contributed by atoms with Crippen LogP contribution in [0.15, 0.2) is 0 Å². The summed E-state index contributed by atoms with van der Waals surface area (Å²) in [5.74, 6) is -0.902. The van der Waals surface area contributed by atoms with Crippen molar-refractivity contribution in [2.75, 3.05) is 0 Å². The molecule has 0 aliphatic rings. The summed E-state index contributed by atoms with van der Waals surface area (Å²) in [4.78, 5) is 28.6. The zero-order valence-corrected chi connectivity index (χ0v) is 8.83. The summed E-state index contributed by atoms with van der Waals surface area (Å²) in [6.45, 7) is 3.35. The number of aromatic carboxylic acids is 1. The van der Waals surface area contributed by atoms with Gasteiger partial charge in [0, 0.05) is 13.3 Å². The molecular formula is C10H14N2O3. The van der Waals surface area contributed by atoms with Crippen LogP contribution >= 0.6 is 0 Å². The number of aromatic amines is 1. The van der Waals surface area contributed by atoms with Gasteiger partial charge in [-0.25, -0.2) is 9.78 Å². The molecule has 0 aliphatic carbocycles. The molecule has 0 saturated heterocycles. The number of carbonyl (C=O) groups excluding carboxylic acids is 1. The van der Waals surface area contributed by atoms with Crippen molar-refractivity contribution in [1.29, 1.82) is 0 Å². The third kappa shape index (κ3) is 2.65. The highest BCUT2D eigenvalue weighted by Crippen LogP contribution is 2.09. The minimum Gasteiger partial charge on any atom is -0.477 e. The summed E-state index contributed by atoms with van der Waals surface area (Å²) in [5, 5.41) is 8.83. The Labute approximate surface area is 87.5 Å². The minimum absolute atomic E-state index is 0.0219. The standard InChI is InChI=1S/C10H14N2O3/c1-3-4-5-7-11-8(6(2)13)9(12-7)10(14)15/h3-5H2,1-2H3,(H,11,12)(H,14,15). The highest BCUT2D eigenvalue weighted by Gasteiger charge is 2.19. The summed E-state index contributed by atoms with van der Waals surface area (Å²) >= 11 is 0. The number of aryl methyl sites for hydroxylation is 1. The predicted octanol–water partition coefficient (Wildman–Crippen LogP) is 1.65. The van der Waals surface area contributed by atoms with E-state index in [4.69, 9.17) is 5.11 Å². The van der Waals surface area contributed by atoms with Gasteiger partial charge in [-0.2, -0.15) is 0 Å². The molecule has 5 nitrogen and oxygen atoms in total. The zero-order chi connectivity index (χ0) is 11.4. The number of nitrogens with one attached hydrogen (secondary N) is 1. The molecule has 0 unspecified atom stereocenters. The zero-order valence-electron chi connectivity index (χ0n) is 8.83. The highest BCUT2D eigenvalue weighted by atomic mass is 16.4. The van der Waals surface area contributed by atoms with Crippen molar-refractivity contribution in [3.8, 4) is 0 Å². The van der Waals surface area contributed by atoms with E-state index in [-0.39, 0.29) is 17.2 Å². The smallest absolute Gasteiger partial charge is 0.354 e. The third-order valence-corrected chi connectivity index (χ3v) is 2.07. The topological polar surface area (TPSA) is 83.1 Å². The normalized spacial score (nSPS) is 10.3. The number of carboxylic acids is 1. The number of carbonyl (C=O) groups is 2. The Kier molecular flexibility index (Phi) is 3.60. The van der Waals surface area contributed by atoms with Crippen LogP contribution in [0.2, 0.25) is 0 Å². The first-order valence-corrected chi connectivity index (χ1v) is 4.89. The van der Waals surface area contributed by atoms with Crippen LogP contribution in [-0.2, 0) is 6.42 Å². The van der Waals surface area contributed by atoms with Crippen LogP contribution < -0.4 is 0 Å². The Morgan fingerprint density at radius 3 is 2.53 bits per heavy atom. The first kappa shape index (κ1) is 11.4. The molecule has 0 radical (unpaired) electrons. The summed E-state index contributed by atoms with van der Waals surface area (Å²) in [7, 11) is 0. The molecule has 15 heavy (non-hydrogen) atoms. The fourth-order valence-electron chi connectivity index (χ4n) is 1.29. The number of unbranched alkanes of at least 4 members (excludes halogenated alkanes) is 1. The van der Waals surface area contributed by atoms with Gasteiger partial charge in [0.2, 0.25) is 0 Å². The molecule has 0 aromatic carbocycles. The van der Waals surface area contributed by atoms with Crippen LogP contribution in [0.25, 0.3) is 0 Å². The number of aromatic nitrogens is 2. The van der Waals surface area contributed by atoms with Crippen molar-refractivity contribution >= 4 is 11.8 Å². The van der Waals surface area contributed by atoms with Gasteiger partial charge in [-0.1, -0.05) is 13.3 Å². The molecule has 2 N–H and O–H groups in total. The van der Waals surface area contributed by atoms with Crippen LogP contribution in [0.4, 0.5) is 0 Å². The summed E-state index contributed by atoms with van der Waals surface area (Å²) in [6, 6.07) is 0. The molecule has 5 heteroatoms. The van der Waals surface area contributed by atoms with Gasteiger partial charge in [0.05, 0.1) is 0 Å². The van der Waals surface area contributed by atoms with Gasteiger partial charge >= 0.3 is 5.97 Å². The number of carboxylic acid groups (broad SMARTS) is 1. The summed E-state index contributed by atoms with van der Waals surface area (Å²) in [6.07, 6.45) is 2.59. The second-order valence-corrected chi connectivity index (χ2v) is 3.37. The lowest BCUT2D eigenvalue weighted by atomic mass is 10.2. The van der Waals surface area contributed by atoms with Crippen molar-refractivity contribution < 1.29 is 14.7 Å². The third-order valence-electron chi connectivity index (χ3n) is 2.07. The molecule has 1 aromatic heterocycles. The SMILES string of the molecule is CCCCc1nc(C(C)=O)c(C(=O)O)[nH]1. The second-order valence-electron chi connectivity index (χ2n) is 3.37. The van der Waals surface area contributed by atoms with Gasteiger partial charge in [0.1, 0.15) is 11.5 Å². The summed E-state index contributed by atoms with van der Waals surface area (Å²) in [5.41, 5.74) is -0.0813. The average Bonchev–Trinajstić information content (AvgIpc) is 2.58. The van der Waals surface area contributed by atoms with Crippen molar-refractivity contribution in [2.45, 2.75) is 33.1 Å². The maximum atomic E-state index is 11.1. The van der Waals surface area contributed by atoms with Gasteiger partial charge < -0.3 is 10.1 Å². The Morgan fingerprint density at radius 2 is 2.13 bits per heavy atom. The van der Waals surface area contributed by atoms with Crippen LogP contribution in [-0.4, -0.2) is 26.8 Å².